The second-order valence-corrected chi connectivity index (χ2v) is 5.44. The molecule has 0 saturated carbocycles. The minimum atomic E-state index is -0.408. The van der Waals surface area contributed by atoms with Crippen molar-refractivity contribution in [3.8, 4) is 0 Å². The van der Waals surface area contributed by atoms with Gasteiger partial charge in [-0.25, -0.2) is 0 Å². The molecular weight excluding hydrogens is 299 g/mol. The Morgan fingerprint density at radius 3 is 2.40 bits per heavy atom. The van der Waals surface area contributed by atoms with Gasteiger partial charge in [0.1, 0.15) is 5.69 Å². The number of anilines is 2. The molecule has 0 aliphatic carbocycles. The molecule has 20 heavy (non-hydrogen) atoms. The van der Waals surface area contributed by atoms with Crippen LogP contribution < -0.4 is 4.90 Å². The van der Waals surface area contributed by atoms with Crippen LogP contribution in [-0.2, 0) is 6.42 Å². The molecule has 4 nitrogen and oxygen atoms in total. The maximum atomic E-state index is 11.2. The molecule has 1 heterocycles. The van der Waals surface area contributed by atoms with E-state index < -0.39 is 4.92 Å². The summed E-state index contributed by atoms with van der Waals surface area (Å²) in [6, 6.07) is 10.3. The Labute approximate surface area is 125 Å². The van der Waals surface area contributed by atoms with Gasteiger partial charge in [0, 0.05) is 28.3 Å². The van der Waals surface area contributed by atoms with Crippen molar-refractivity contribution in [2.45, 2.75) is 6.42 Å². The zero-order valence-corrected chi connectivity index (χ0v) is 11.9. The van der Waals surface area contributed by atoms with Crippen LogP contribution in [0.15, 0.2) is 36.4 Å². The second-order valence-electron chi connectivity index (χ2n) is 4.56. The highest BCUT2D eigenvalue weighted by molar-refractivity contribution is 6.31. The van der Waals surface area contributed by atoms with Crippen LogP contribution in [0.3, 0.4) is 0 Å². The van der Waals surface area contributed by atoms with Crippen molar-refractivity contribution in [1.82, 2.24) is 0 Å². The first-order valence-electron chi connectivity index (χ1n) is 6.06. The highest BCUT2D eigenvalue weighted by atomic mass is 35.5. The van der Waals surface area contributed by atoms with Gasteiger partial charge in [-0.05, 0) is 42.3 Å². The van der Waals surface area contributed by atoms with Crippen molar-refractivity contribution < 1.29 is 4.92 Å². The van der Waals surface area contributed by atoms with Crippen LogP contribution in [0.2, 0.25) is 10.0 Å². The quantitative estimate of drug-likeness (QED) is 0.602. The molecule has 0 saturated heterocycles. The van der Waals surface area contributed by atoms with Gasteiger partial charge < -0.3 is 4.90 Å². The van der Waals surface area contributed by atoms with E-state index in [9.17, 15) is 10.1 Å². The van der Waals surface area contributed by atoms with Gasteiger partial charge in [0.2, 0.25) is 0 Å². The first-order valence-corrected chi connectivity index (χ1v) is 6.82. The standard InChI is InChI=1S/C14H10Cl2N2O2/c15-10-1-3-12-9(7-10)5-6-17(12)13-4-2-11(16)8-14(13)18(19)20/h1-4,7-8H,5-6H2. The number of hydrogen-bond donors (Lipinski definition) is 0. The number of fused-ring (bicyclic) bond motifs is 1. The average Bonchev–Trinajstić information content (AvgIpc) is 2.81. The Morgan fingerprint density at radius 1 is 1.05 bits per heavy atom. The Bertz CT molecular complexity index is 704. The molecule has 1 aliphatic heterocycles. The van der Waals surface area contributed by atoms with Crippen molar-refractivity contribution >= 4 is 40.3 Å². The first-order chi connectivity index (χ1) is 9.56. The minimum absolute atomic E-state index is 0.0142. The molecule has 0 aromatic heterocycles. The van der Waals surface area contributed by atoms with E-state index in [-0.39, 0.29) is 5.69 Å². The average molecular weight is 309 g/mol. The largest absolute Gasteiger partial charge is 0.335 e. The lowest BCUT2D eigenvalue weighted by molar-refractivity contribution is -0.384. The van der Waals surface area contributed by atoms with Crippen molar-refractivity contribution in [2.75, 3.05) is 11.4 Å². The van der Waals surface area contributed by atoms with E-state index in [1.54, 1.807) is 18.2 Å². The summed E-state index contributed by atoms with van der Waals surface area (Å²) in [6.07, 6.45) is 0.815. The minimum Gasteiger partial charge on any atom is -0.335 e. The summed E-state index contributed by atoms with van der Waals surface area (Å²) in [4.78, 5) is 12.7. The predicted octanol–water partition coefficient (Wildman–Crippen LogP) is 4.60. The van der Waals surface area contributed by atoms with E-state index in [2.05, 4.69) is 0 Å². The predicted molar refractivity (Wildman–Crippen MR) is 80.3 cm³/mol. The van der Waals surface area contributed by atoms with Crippen LogP contribution >= 0.6 is 23.2 Å². The molecule has 102 valence electrons. The van der Waals surface area contributed by atoms with Crippen LogP contribution in [-0.4, -0.2) is 11.5 Å². The van der Waals surface area contributed by atoms with E-state index in [0.717, 1.165) is 17.7 Å². The molecule has 0 atom stereocenters. The molecule has 3 rings (SSSR count). The van der Waals surface area contributed by atoms with Gasteiger partial charge in [0.05, 0.1) is 4.92 Å². The van der Waals surface area contributed by atoms with Gasteiger partial charge in [-0.2, -0.15) is 0 Å². The number of nitro benzene ring substituents is 1. The highest BCUT2D eigenvalue weighted by Crippen LogP contribution is 2.40. The van der Waals surface area contributed by atoms with Crippen LogP contribution in [0.1, 0.15) is 5.56 Å². The number of rotatable bonds is 2. The molecule has 0 amide bonds. The summed E-state index contributed by atoms with van der Waals surface area (Å²) >= 11 is 11.8. The molecule has 1 aliphatic rings. The topological polar surface area (TPSA) is 46.4 Å². The number of halogens is 2. The number of benzene rings is 2. The Hall–Kier alpha value is -1.78. The molecule has 0 spiro atoms. The number of hydrogen-bond acceptors (Lipinski definition) is 3. The second kappa shape index (κ2) is 4.96. The third kappa shape index (κ3) is 2.21. The van der Waals surface area contributed by atoms with E-state index in [4.69, 9.17) is 23.2 Å². The molecule has 0 unspecified atom stereocenters. The highest BCUT2D eigenvalue weighted by Gasteiger charge is 2.26. The van der Waals surface area contributed by atoms with E-state index in [1.807, 2.05) is 17.0 Å². The van der Waals surface area contributed by atoms with Crippen LogP contribution in [0, 0.1) is 10.1 Å². The van der Waals surface area contributed by atoms with Gasteiger partial charge in [-0.15, -0.1) is 0 Å². The van der Waals surface area contributed by atoms with Gasteiger partial charge in [-0.1, -0.05) is 23.2 Å². The Morgan fingerprint density at radius 2 is 1.70 bits per heavy atom. The lowest BCUT2D eigenvalue weighted by Crippen LogP contribution is -2.14. The van der Waals surface area contributed by atoms with E-state index in [1.165, 1.54) is 6.07 Å². The number of nitrogens with zero attached hydrogens (tertiary/aromatic N) is 2. The third-order valence-corrected chi connectivity index (χ3v) is 3.83. The van der Waals surface area contributed by atoms with Crippen LogP contribution in [0.5, 0.6) is 0 Å². The van der Waals surface area contributed by atoms with Crippen LogP contribution in [0.4, 0.5) is 17.1 Å². The fourth-order valence-corrected chi connectivity index (χ4v) is 2.85. The zero-order valence-electron chi connectivity index (χ0n) is 10.3. The van der Waals surface area contributed by atoms with Crippen molar-refractivity contribution in [3.05, 3.63) is 62.1 Å². The van der Waals surface area contributed by atoms with Crippen molar-refractivity contribution in [3.63, 3.8) is 0 Å². The monoisotopic (exact) mass is 308 g/mol. The number of nitro groups is 1. The summed E-state index contributed by atoms with van der Waals surface area (Å²) in [6.45, 7) is 0.693. The smallest absolute Gasteiger partial charge is 0.294 e. The Kier molecular flexibility index (Phi) is 3.28. The maximum absolute atomic E-state index is 11.2. The summed E-state index contributed by atoms with van der Waals surface area (Å²) in [5.74, 6) is 0. The molecule has 0 radical (unpaired) electrons. The third-order valence-electron chi connectivity index (χ3n) is 3.36. The fourth-order valence-electron chi connectivity index (χ4n) is 2.49. The summed E-state index contributed by atoms with van der Waals surface area (Å²) in [7, 11) is 0. The van der Waals surface area contributed by atoms with Gasteiger partial charge in [0.15, 0.2) is 0 Å². The van der Waals surface area contributed by atoms with Crippen LogP contribution in [0.25, 0.3) is 0 Å². The fraction of sp³-hybridized carbons (Fsp3) is 0.143. The van der Waals surface area contributed by atoms with Gasteiger partial charge in [0.25, 0.3) is 5.69 Å². The molecule has 2 aromatic rings. The van der Waals surface area contributed by atoms with Gasteiger partial charge in [-0.3, -0.25) is 10.1 Å². The zero-order chi connectivity index (χ0) is 14.3. The van der Waals surface area contributed by atoms with E-state index in [0.29, 0.717) is 22.3 Å². The van der Waals surface area contributed by atoms with Crippen molar-refractivity contribution in [2.24, 2.45) is 0 Å². The summed E-state index contributed by atoms with van der Waals surface area (Å²) in [5.41, 5.74) is 2.63. The first kappa shape index (κ1) is 13.2. The maximum Gasteiger partial charge on any atom is 0.294 e. The summed E-state index contributed by atoms with van der Waals surface area (Å²) < 4.78 is 0. The van der Waals surface area contributed by atoms with Gasteiger partial charge >= 0.3 is 0 Å². The molecular formula is C14H10Cl2N2O2. The SMILES string of the molecule is O=[N+]([O-])c1cc(Cl)ccc1N1CCc2cc(Cl)ccc21. The molecule has 6 heteroatoms. The molecule has 0 fully saturated rings. The molecule has 0 bridgehead atoms. The molecule has 2 aromatic carbocycles. The normalized spacial score (nSPS) is 13.4. The lowest BCUT2D eigenvalue weighted by atomic mass is 10.1. The molecule has 0 N–H and O–H groups in total. The van der Waals surface area contributed by atoms with E-state index >= 15 is 0 Å². The Balaban J connectivity index is 2.11. The lowest BCUT2D eigenvalue weighted by Gasteiger charge is -2.19. The summed E-state index contributed by atoms with van der Waals surface area (Å²) in [5, 5.41) is 12.2. The van der Waals surface area contributed by atoms with Crippen molar-refractivity contribution in [1.29, 1.82) is 0 Å².